The predicted molar refractivity (Wildman–Crippen MR) is 30.0 cm³/mol. The zero-order valence-electron chi connectivity index (χ0n) is 2.90. The quantitative estimate of drug-likeness (QED) is 0.326. The van der Waals surface area contributed by atoms with Crippen molar-refractivity contribution in [3.63, 3.8) is 0 Å². The summed E-state index contributed by atoms with van der Waals surface area (Å²) in [6.07, 6.45) is 0. The Bertz CT molecular complexity index is 62.2. The molecule has 8 heteroatoms. The van der Waals surface area contributed by atoms with Crippen molar-refractivity contribution in [1.82, 2.24) is 0 Å². The second-order valence-electron chi connectivity index (χ2n) is 0.513. The van der Waals surface area contributed by atoms with E-state index in [9.17, 15) is 0 Å². The Kier molecular flexibility index (Phi) is 30.0. The molecule has 4 nitrogen and oxygen atoms in total. The van der Waals surface area contributed by atoms with E-state index in [0.29, 0.717) is 0 Å². The van der Waals surface area contributed by atoms with Crippen molar-refractivity contribution in [2.75, 3.05) is 0 Å². The van der Waals surface area contributed by atoms with Crippen LogP contribution in [0.4, 0.5) is 0 Å². The molecule has 0 unspecified atom stereocenters. The molecule has 3 N–H and O–H groups in total. The molecule has 0 aromatic carbocycles. The van der Waals surface area contributed by atoms with Crippen molar-refractivity contribution >= 4 is 96.9 Å². The summed E-state index contributed by atoms with van der Waals surface area (Å²) in [5, 5.41) is 0. The summed E-state index contributed by atoms with van der Waals surface area (Å²) in [5.74, 6) is 0. The summed E-state index contributed by atoms with van der Waals surface area (Å²) in [7, 11) is -4.64. The number of hydrogen-bond donors (Lipinski definition) is 3. The Labute approximate surface area is 132 Å². The Morgan fingerprint density at radius 2 is 1.12 bits per heavy atom. The van der Waals surface area contributed by atoms with Gasteiger partial charge in [0.1, 0.15) is 0 Å². The smallest absolute Gasteiger partial charge is 0 e. The Morgan fingerprint density at radius 1 is 1.12 bits per heavy atom. The Morgan fingerprint density at radius 3 is 1.12 bits per heavy atom. The van der Waals surface area contributed by atoms with E-state index in [4.69, 9.17) is 19.2 Å². The van der Waals surface area contributed by atoms with Crippen LogP contribution in [0, 0.1) is 0 Å². The fourth-order valence-electron chi connectivity index (χ4n) is 0. The molecule has 0 aliphatic carbocycles. The molecule has 0 saturated heterocycles. The molecular formula is H6CaKO4PZn. The van der Waals surface area contributed by atoms with Crippen LogP contribution >= 0.6 is 7.82 Å². The summed E-state index contributed by atoms with van der Waals surface area (Å²) >= 11 is 0. The summed E-state index contributed by atoms with van der Waals surface area (Å²) < 4.78 is 8.88. The monoisotopic (exact) mass is 244 g/mol. The van der Waals surface area contributed by atoms with Gasteiger partial charge in [0, 0.05) is 19.5 Å². The van der Waals surface area contributed by atoms with Gasteiger partial charge in [0.2, 0.25) is 0 Å². The van der Waals surface area contributed by atoms with E-state index in [1.807, 2.05) is 0 Å². The summed E-state index contributed by atoms with van der Waals surface area (Å²) in [6.45, 7) is 0. The maximum Gasteiger partial charge on any atom is 0 e. The second kappa shape index (κ2) is 10.6. The van der Waals surface area contributed by atoms with Crippen LogP contribution in [0.5, 0.6) is 0 Å². The van der Waals surface area contributed by atoms with Crippen molar-refractivity contribution in [3.8, 4) is 0 Å². The first kappa shape index (κ1) is 22.6. The third-order valence-electron chi connectivity index (χ3n) is 0. The summed E-state index contributed by atoms with van der Waals surface area (Å²) in [6, 6.07) is 0. The van der Waals surface area contributed by atoms with Gasteiger partial charge in [-0.2, -0.15) is 0 Å². The van der Waals surface area contributed by atoms with Gasteiger partial charge in [-0.3, -0.25) is 0 Å². The van der Waals surface area contributed by atoms with Gasteiger partial charge in [-0.05, 0) is 0 Å². The van der Waals surface area contributed by atoms with Gasteiger partial charge >= 0.3 is 96.9 Å². The molecular weight excluding hydrogens is 240 g/mol. The topological polar surface area (TPSA) is 77.8 Å². The largest absolute Gasteiger partial charge is 0 e. The van der Waals surface area contributed by atoms with E-state index in [1.165, 1.54) is 0 Å². The summed E-state index contributed by atoms with van der Waals surface area (Å²) in [4.78, 5) is 21.6. The normalized spacial score (nSPS) is 7.38. The molecule has 0 fully saturated rings. The molecule has 8 heavy (non-hydrogen) atoms. The molecule has 0 amide bonds. The summed E-state index contributed by atoms with van der Waals surface area (Å²) in [5.41, 5.74) is 0. The molecule has 0 heterocycles. The van der Waals surface area contributed by atoms with Crippen LogP contribution < -0.4 is 0 Å². The molecule has 0 radical (unpaired) electrons. The minimum absolute atomic E-state index is 0. The van der Waals surface area contributed by atoms with E-state index in [0.717, 1.165) is 0 Å². The van der Waals surface area contributed by atoms with Crippen molar-refractivity contribution in [1.29, 1.82) is 0 Å². The molecule has 0 aliphatic heterocycles. The number of phosphoric acid groups is 1. The van der Waals surface area contributed by atoms with Crippen LogP contribution in [-0.4, -0.2) is 104 Å². The maximum absolute atomic E-state index is 8.88. The fraction of sp³-hybridized carbons (Fsp3) is 0. The van der Waals surface area contributed by atoms with Crippen LogP contribution in [0.25, 0.3) is 0 Å². The molecule has 0 aliphatic rings. The minimum atomic E-state index is -4.64. The van der Waals surface area contributed by atoms with Crippen molar-refractivity contribution in [3.05, 3.63) is 0 Å². The average Bonchev–Trinajstić information content (AvgIpc) is 0.722. The third-order valence-corrected chi connectivity index (χ3v) is 0. The van der Waals surface area contributed by atoms with Gasteiger partial charge in [-0.25, -0.2) is 4.57 Å². The maximum atomic E-state index is 8.88. The molecule has 0 saturated carbocycles. The van der Waals surface area contributed by atoms with E-state index >= 15 is 0 Å². The van der Waals surface area contributed by atoms with Gasteiger partial charge < -0.3 is 14.7 Å². The van der Waals surface area contributed by atoms with Crippen LogP contribution in [0.1, 0.15) is 0 Å². The van der Waals surface area contributed by atoms with Gasteiger partial charge in [0.05, 0.1) is 0 Å². The van der Waals surface area contributed by atoms with E-state index in [-0.39, 0.29) is 109 Å². The van der Waals surface area contributed by atoms with Gasteiger partial charge in [-0.1, -0.05) is 0 Å². The van der Waals surface area contributed by atoms with Gasteiger partial charge in [-0.15, -0.1) is 0 Å². The third kappa shape index (κ3) is 54.4. The first-order valence-electron chi connectivity index (χ1n) is 0.783. The van der Waals surface area contributed by atoms with Crippen LogP contribution in [0.2, 0.25) is 0 Å². The van der Waals surface area contributed by atoms with Crippen LogP contribution in [0.15, 0.2) is 0 Å². The molecule has 0 atom stereocenters. The Balaban J connectivity index is -0.0000000267. The fourth-order valence-corrected chi connectivity index (χ4v) is 0. The van der Waals surface area contributed by atoms with E-state index in [2.05, 4.69) is 0 Å². The number of rotatable bonds is 0. The standard InChI is InChI=1S/Ca.K.H3O4P.Zn.3H/c;;1-5(2,3)4;;;;/h;;(H3,1,2,3,4);;;;. The average molecular weight is 246 g/mol. The first-order chi connectivity index (χ1) is 2.00. The molecule has 0 spiro atoms. The van der Waals surface area contributed by atoms with Gasteiger partial charge in [0.25, 0.3) is 0 Å². The Hall–Kier alpha value is 3.63. The zero-order valence-corrected chi connectivity index (χ0v) is 6.77. The van der Waals surface area contributed by atoms with Crippen molar-refractivity contribution in [2.24, 2.45) is 0 Å². The SMILES string of the molecule is O=P(O)(O)O.[CaH2].[KH].[Zn]. The molecule has 0 rings (SSSR count). The second-order valence-corrected chi connectivity index (χ2v) is 1.54. The van der Waals surface area contributed by atoms with Gasteiger partial charge in [0.15, 0.2) is 0 Å². The minimum Gasteiger partial charge on any atom is 0 e. The van der Waals surface area contributed by atoms with Crippen LogP contribution in [0.3, 0.4) is 0 Å². The zero-order chi connectivity index (χ0) is 4.50. The predicted octanol–water partition coefficient (Wildman–Crippen LogP) is -2.50. The number of hydrogen-bond acceptors (Lipinski definition) is 1. The van der Waals surface area contributed by atoms with Crippen molar-refractivity contribution < 1.29 is 38.7 Å². The molecule has 0 aromatic heterocycles. The first-order valence-corrected chi connectivity index (χ1v) is 2.35. The van der Waals surface area contributed by atoms with Crippen molar-refractivity contribution in [2.45, 2.75) is 0 Å². The van der Waals surface area contributed by atoms with E-state index in [1.54, 1.807) is 0 Å². The molecule has 40 valence electrons. The molecule has 0 aromatic rings. The van der Waals surface area contributed by atoms with Crippen LogP contribution in [-0.2, 0) is 24.0 Å². The van der Waals surface area contributed by atoms with E-state index < -0.39 is 7.82 Å². The molecule has 0 bridgehead atoms.